The van der Waals surface area contributed by atoms with Crippen molar-refractivity contribution in [2.75, 3.05) is 5.32 Å². The van der Waals surface area contributed by atoms with Crippen LogP contribution in [0.4, 0.5) is 5.82 Å². The fraction of sp³-hybridized carbons (Fsp3) is 0.417. The van der Waals surface area contributed by atoms with Gasteiger partial charge in [0.2, 0.25) is 5.91 Å². The highest BCUT2D eigenvalue weighted by molar-refractivity contribution is 9.10. The smallest absolute Gasteiger partial charge is 0.238 e. The molecule has 6 heteroatoms. The van der Waals surface area contributed by atoms with Crippen molar-refractivity contribution in [1.82, 2.24) is 4.98 Å². The molecule has 3 N–H and O–H groups in total. The molecule has 0 aliphatic rings. The number of carbonyl (C=O) groups excluding carboxylic acids is 1. The lowest BCUT2D eigenvalue weighted by molar-refractivity contribution is -0.121. The average molecular weight is 330 g/mol. The van der Waals surface area contributed by atoms with Gasteiger partial charge in [-0.05, 0) is 47.8 Å². The Balaban J connectivity index is 2.97. The quantitative estimate of drug-likeness (QED) is 0.833. The number of nitrogens with one attached hydrogen (secondary N) is 1. The van der Waals surface area contributed by atoms with Gasteiger partial charge in [0.25, 0.3) is 0 Å². The minimum absolute atomic E-state index is 0.192. The van der Waals surface area contributed by atoms with Gasteiger partial charge in [-0.3, -0.25) is 4.79 Å². The highest BCUT2D eigenvalue weighted by Gasteiger charge is 2.34. The number of nitrogens with two attached hydrogens (primary N) is 1. The number of pyridine rings is 1. The van der Waals surface area contributed by atoms with Crippen LogP contribution in [0.15, 0.2) is 16.7 Å². The summed E-state index contributed by atoms with van der Waals surface area (Å²) in [7, 11) is 0. The van der Waals surface area contributed by atoms with Gasteiger partial charge in [-0.1, -0.05) is 19.1 Å². The molecule has 1 aromatic heterocycles. The third-order valence-electron chi connectivity index (χ3n) is 3.03. The van der Waals surface area contributed by atoms with Gasteiger partial charge in [0, 0.05) is 10.7 Å². The Morgan fingerprint density at radius 2 is 2.28 bits per heavy atom. The number of nitrogens with zero attached hydrogens (tertiary/aromatic N) is 1. The van der Waals surface area contributed by atoms with Crippen molar-refractivity contribution in [3.63, 3.8) is 0 Å². The van der Waals surface area contributed by atoms with Crippen molar-refractivity contribution in [3.05, 3.63) is 22.3 Å². The molecule has 1 unspecified atom stereocenters. The van der Waals surface area contributed by atoms with Gasteiger partial charge < -0.3 is 11.1 Å². The molecule has 1 aromatic rings. The van der Waals surface area contributed by atoms with Crippen LogP contribution in [0.1, 0.15) is 25.8 Å². The van der Waals surface area contributed by atoms with Gasteiger partial charge >= 0.3 is 0 Å². The van der Waals surface area contributed by atoms with E-state index in [0.717, 1.165) is 10.0 Å². The fourth-order valence-corrected chi connectivity index (χ4v) is 2.05. The molecule has 1 atom stereocenters. The van der Waals surface area contributed by atoms with E-state index in [1.807, 2.05) is 19.9 Å². The first-order chi connectivity index (χ1) is 8.31. The summed E-state index contributed by atoms with van der Waals surface area (Å²) in [4.78, 5) is 16.6. The van der Waals surface area contributed by atoms with Gasteiger partial charge in [0.1, 0.15) is 5.82 Å². The Bertz CT molecular complexity index is 492. The predicted molar refractivity (Wildman–Crippen MR) is 80.5 cm³/mol. The number of hydrogen-bond acceptors (Lipinski definition) is 3. The van der Waals surface area contributed by atoms with Crippen LogP contribution in [0.25, 0.3) is 0 Å². The molecular weight excluding hydrogens is 314 g/mol. The molecule has 4 nitrogen and oxygen atoms in total. The number of anilines is 1. The summed E-state index contributed by atoms with van der Waals surface area (Å²) in [5.74, 6) is 0.301. The zero-order valence-electron chi connectivity index (χ0n) is 10.6. The molecule has 0 saturated heterocycles. The maximum atomic E-state index is 12.2. The highest BCUT2D eigenvalue weighted by atomic mass is 79.9. The van der Waals surface area contributed by atoms with Crippen LogP contribution in [-0.2, 0) is 4.79 Å². The zero-order valence-corrected chi connectivity index (χ0v) is 13.0. The molecule has 0 aliphatic carbocycles. The Morgan fingerprint density at radius 3 is 2.72 bits per heavy atom. The maximum Gasteiger partial charge on any atom is 0.238 e. The van der Waals surface area contributed by atoms with E-state index >= 15 is 0 Å². The normalized spacial score (nSPS) is 13.8. The molecule has 1 heterocycles. The topological polar surface area (TPSA) is 68.0 Å². The van der Waals surface area contributed by atoms with E-state index in [-0.39, 0.29) is 10.9 Å². The molecular formula is C12H16BrN3OS. The molecule has 1 rings (SSSR count). The second-order valence-electron chi connectivity index (χ2n) is 4.32. The molecule has 1 amide bonds. The van der Waals surface area contributed by atoms with Crippen LogP contribution in [-0.4, -0.2) is 15.9 Å². The first kappa shape index (κ1) is 15.0. The molecule has 0 fully saturated rings. The zero-order chi connectivity index (χ0) is 13.9. The standard InChI is InChI=1S/C12H16BrN3OS/c1-4-12(3,10(14)18)11(17)16-9-7(2)5-8(13)6-15-9/h5-6H,4H2,1-3H3,(H2,14,18)(H,15,16,17). The van der Waals surface area contributed by atoms with Gasteiger partial charge in [0.15, 0.2) is 0 Å². The first-order valence-corrected chi connectivity index (χ1v) is 6.75. The summed E-state index contributed by atoms with van der Waals surface area (Å²) in [6, 6.07) is 1.88. The third kappa shape index (κ3) is 3.05. The molecule has 0 bridgehead atoms. The lowest BCUT2D eigenvalue weighted by atomic mass is 9.86. The molecule has 0 aliphatic heterocycles. The second-order valence-corrected chi connectivity index (χ2v) is 5.68. The molecule has 0 radical (unpaired) electrons. The van der Waals surface area contributed by atoms with Crippen molar-refractivity contribution in [2.24, 2.45) is 11.1 Å². The number of halogens is 1. The van der Waals surface area contributed by atoms with E-state index in [0.29, 0.717) is 12.2 Å². The Kier molecular flexibility index (Phi) is 4.81. The number of carbonyl (C=O) groups is 1. The third-order valence-corrected chi connectivity index (χ3v) is 3.91. The Morgan fingerprint density at radius 1 is 1.67 bits per heavy atom. The van der Waals surface area contributed by atoms with Gasteiger partial charge in [-0.2, -0.15) is 0 Å². The summed E-state index contributed by atoms with van der Waals surface area (Å²) in [5.41, 5.74) is 5.66. The summed E-state index contributed by atoms with van der Waals surface area (Å²) in [5, 5.41) is 2.77. The van der Waals surface area contributed by atoms with Crippen LogP contribution in [0.3, 0.4) is 0 Å². The van der Waals surface area contributed by atoms with Crippen LogP contribution in [0.5, 0.6) is 0 Å². The average Bonchev–Trinajstić information content (AvgIpc) is 2.31. The Hall–Kier alpha value is -1.01. The van der Waals surface area contributed by atoms with Crippen molar-refractivity contribution in [2.45, 2.75) is 27.2 Å². The van der Waals surface area contributed by atoms with E-state index < -0.39 is 5.41 Å². The number of hydrogen-bond donors (Lipinski definition) is 2. The van der Waals surface area contributed by atoms with E-state index in [9.17, 15) is 4.79 Å². The lowest BCUT2D eigenvalue weighted by Crippen LogP contribution is -2.43. The number of thiocarbonyl (C=S) groups is 1. The van der Waals surface area contributed by atoms with E-state index in [4.69, 9.17) is 18.0 Å². The first-order valence-electron chi connectivity index (χ1n) is 5.54. The number of amides is 1. The molecule has 98 valence electrons. The largest absolute Gasteiger partial charge is 0.392 e. The van der Waals surface area contributed by atoms with Gasteiger partial charge in [-0.25, -0.2) is 4.98 Å². The summed E-state index contributed by atoms with van der Waals surface area (Å²) < 4.78 is 0.866. The fourth-order valence-electron chi connectivity index (χ4n) is 1.36. The lowest BCUT2D eigenvalue weighted by Gasteiger charge is -2.25. The SMILES string of the molecule is CCC(C)(C(=O)Nc1ncc(Br)cc1C)C(N)=S. The van der Waals surface area contributed by atoms with Crippen molar-refractivity contribution in [1.29, 1.82) is 0 Å². The molecule has 0 spiro atoms. The van der Waals surface area contributed by atoms with Crippen molar-refractivity contribution >= 4 is 44.9 Å². The number of aryl methyl sites for hydroxylation is 1. The van der Waals surface area contributed by atoms with Crippen LogP contribution in [0.2, 0.25) is 0 Å². The summed E-state index contributed by atoms with van der Waals surface area (Å²) in [6.45, 7) is 5.48. The predicted octanol–water partition coefficient (Wildman–Crippen LogP) is 2.79. The van der Waals surface area contributed by atoms with Crippen LogP contribution >= 0.6 is 28.1 Å². The number of aromatic nitrogens is 1. The number of rotatable bonds is 4. The van der Waals surface area contributed by atoms with Gasteiger partial charge in [-0.15, -0.1) is 0 Å². The van der Waals surface area contributed by atoms with E-state index in [2.05, 4.69) is 26.2 Å². The molecule has 18 heavy (non-hydrogen) atoms. The van der Waals surface area contributed by atoms with E-state index in [1.165, 1.54) is 0 Å². The monoisotopic (exact) mass is 329 g/mol. The van der Waals surface area contributed by atoms with Gasteiger partial charge in [0.05, 0.1) is 10.4 Å². The minimum Gasteiger partial charge on any atom is -0.392 e. The van der Waals surface area contributed by atoms with Crippen molar-refractivity contribution < 1.29 is 4.79 Å². The van der Waals surface area contributed by atoms with E-state index in [1.54, 1.807) is 13.1 Å². The molecule has 0 aromatic carbocycles. The second kappa shape index (κ2) is 5.75. The highest BCUT2D eigenvalue weighted by Crippen LogP contribution is 2.25. The Labute approximate surface area is 120 Å². The van der Waals surface area contributed by atoms with Crippen LogP contribution < -0.4 is 11.1 Å². The van der Waals surface area contributed by atoms with Crippen molar-refractivity contribution in [3.8, 4) is 0 Å². The van der Waals surface area contributed by atoms with Crippen LogP contribution in [0, 0.1) is 12.3 Å². The minimum atomic E-state index is -0.851. The molecule has 0 saturated carbocycles. The maximum absolute atomic E-state index is 12.2. The summed E-state index contributed by atoms with van der Waals surface area (Å²) >= 11 is 8.29. The summed E-state index contributed by atoms with van der Waals surface area (Å²) in [6.07, 6.45) is 2.18.